The lowest BCUT2D eigenvalue weighted by molar-refractivity contribution is 0.0704. The van der Waals surface area contributed by atoms with Gasteiger partial charge in [-0.1, -0.05) is 18.2 Å². The van der Waals surface area contributed by atoms with Crippen LogP contribution in [0.5, 0.6) is 40.2 Å². The molecular weight excluding hydrogens is 444 g/mol. The summed E-state index contributed by atoms with van der Waals surface area (Å²) in [5.74, 6) is 0.0263. The zero-order chi connectivity index (χ0) is 24.7. The summed E-state index contributed by atoms with van der Waals surface area (Å²) in [6, 6.07) is 14.1. The fourth-order valence-electron chi connectivity index (χ4n) is 3.10. The van der Waals surface area contributed by atoms with Crippen molar-refractivity contribution in [2.24, 2.45) is 0 Å². The summed E-state index contributed by atoms with van der Waals surface area (Å²) in [4.78, 5) is 26.1. The van der Waals surface area contributed by atoms with Crippen LogP contribution in [-0.4, -0.2) is 47.5 Å². The van der Waals surface area contributed by atoms with Gasteiger partial charge in [0.2, 0.25) is 0 Å². The van der Waals surface area contributed by atoms with E-state index in [2.05, 4.69) is 0 Å². The van der Waals surface area contributed by atoms with Crippen LogP contribution in [0.15, 0.2) is 54.6 Å². The molecule has 3 rings (SSSR count). The Labute approximate surface area is 196 Å². The normalized spacial score (nSPS) is 10.1. The number of methoxy groups -OCH3 is 5. The number of carbonyl (C=O) groups is 2. The monoisotopic (exact) mass is 468 g/mol. The quantitative estimate of drug-likeness (QED) is 0.338. The van der Waals surface area contributed by atoms with Gasteiger partial charge in [-0.15, -0.1) is 0 Å². The maximum absolute atomic E-state index is 13.1. The molecule has 0 aromatic heterocycles. The van der Waals surface area contributed by atoms with Crippen molar-refractivity contribution in [3.8, 4) is 40.2 Å². The van der Waals surface area contributed by atoms with Gasteiger partial charge in [0.15, 0.2) is 23.0 Å². The Kier molecular flexibility index (Phi) is 7.81. The van der Waals surface area contributed by atoms with Crippen LogP contribution >= 0.6 is 0 Å². The molecule has 0 radical (unpaired) electrons. The molecule has 0 amide bonds. The smallest absolute Gasteiger partial charge is 0.347 e. The second kappa shape index (κ2) is 11.0. The number of hydrogen-bond donors (Lipinski definition) is 0. The average Bonchev–Trinajstić information content (AvgIpc) is 2.87. The molecule has 34 heavy (non-hydrogen) atoms. The van der Waals surface area contributed by atoms with Gasteiger partial charge in [0.1, 0.15) is 28.4 Å². The number of esters is 2. The summed E-state index contributed by atoms with van der Waals surface area (Å²) in [6.45, 7) is 0. The fourth-order valence-corrected chi connectivity index (χ4v) is 3.10. The minimum Gasteiger partial charge on any atom is -0.496 e. The van der Waals surface area contributed by atoms with Crippen molar-refractivity contribution >= 4 is 11.9 Å². The van der Waals surface area contributed by atoms with E-state index >= 15 is 0 Å². The molecule has 0 spiro atoms. The molecule has 0 atom stereocenters. The zero-order valence-electron chi connectivity index (χ0n) is 19.4. The second-order valence-electron chi connectivity index (χ2n) is 6.70. The van der Waals surface area contributed by atoms with Gasteiger partial charge >= 0.3 is 11.9 Å². The van der Waals surface area contributed by atoms with Gasteiger partial charge in [-0.05, 0) is 12.1 Å². The summed E-state index contributed by atoms with van der Waals surface area (Å²) in [7, 11) is 7.14. The molecule has 0 bridgehead atoms. The van der Waals surface area contributed by atoms with E-state index in [-0.39, 0.29) is 34.1 Å². The van der Waals surface area contributed by atoms with Gasteiger partial charge in [-0.3, -0.25) is 0 Å². The molecule has 0 aliphatic rings. The third kappa shape index (κ3) is 5.15. The van der Waals surface area contributed by atoms with Crippen LogP contribution in [0, 0.1) is 0 Å². The Morgan fingerprint density at radius 3 is 1.41 bits per heavy atom. The molecule has 0 N–H and O–H groups in total. The molecule has 9 nitrogen and oxygen atoms in total. The van der Waals surface area contributed by atoms with Crippen molar-refractivity contribution < 1.29 is 42.7 Å². The molecular formula is C25H24O9. The highest BCUT2D eigenvalue weighted by molar-refractivity contribution is 5.99. The van der Waals surface area contributed by atoms with E-state index in [4.69, 9.17) is 33.2 Å². The average molecular weight is 468 g/mol. The van der Waals surface area contributed by atoms with E-state index < -0.39 is 11.9 Å². The first-order valence-electron chi connectivity index (χ1n) is 10.0. The van der Waals surface area contributed by atoms with Crippen molar-refractivity contribution in [2.75, 3.05) is 35.5 Å². The van der Waals surface area contributed by atoms with Crippen LogP contribution < -0.4 is 33.2 Å². The largest absolute Gasteiger partial charge is 0.496 e. The highest BCUT2D eigenvalue weighted by atomic mass is 16.6. The molecule has 3 aromatic carbocycles. The summed E-state index contributed by atoms with van der Waals surface area (Å²) >= 11 is 0. The minimum absolute atomic E-state index is 0.0469. The number of para-hydroxylation sites is 1. The first-order valence-corrected chi connectivity index (χ1v) is 10.0. The number of carbonyl (C=O) groups excluding carboxylic acids is 2. The summed E-state index contributed by atoms with van der Waals surface area (Å²) in [6.07, 6.45) is 0. The first kappa shape index (κ1) is 24.2. The van der Waals surface area contributed by atoms with Crippen molar-refractivity contribution in [2.45, 2.75) is 0 Å². The molecule has 0 fully saturated rings. The lowest BCUT2D eigenvalue weighted by atomic mass is 10.1. The van der Waals surface area contributed by atoms with Crippen LogP contribution in [-0.2, 0) is 0 Å². The maximum Gasteiger partial charge on any atom is 0.347 e. The Balaban J connectivity index is 2.03. The van der Waals surface area contributed by atoms with Gasteiger partial charge in [0.25, 0.3) is 0 Å². The lowest BCUT2D eigenvalue weighted by Crippen LogP contribution is -2.16. The Morgan fingerprint density at radius 1 is 0.500 bits per heavy atom. The SMILES string of the molecule is COc1cc(OC)c(C(=O)Oc2cc(OC)c(OC)cc2C(=O)Oc2ccccc2)cc1OC. The van der Waals surface area contributed by atoms with Crippen molar-refractivity contribution in [3.05, 3.63) is 65.7 Å². The van der Waals surface area contributed by atoms with Crippen molar-refractivity contribution in [3.63, 3.8) is 0 Å². The molecule has 0 saturated heterocycles. The van der Waals surface area contributed by atoms with E-state index in [0.717, 1.165) is 0 Å². The van der Waals surface area contributed by atoms with Crippen LogP contribution in [0.1, 0.15) is 20.7 Å². The standard InChI is InChI=1S/C25H24O9/c1-28-18-13-22(31-4)20(29-2)11-16(18)25(27)34-19-14-23(32-5)21(30-3)12-17(19)24(26)33-15-9-7-6-8-10-15/h6-14H,1-5H3. The zero-order valence-corrected chi connectivity index (χ0v) is 19.4. The van der Waals surface area contributed by atoms with Crippen LogP contribution in [0.2, 0.25) is 0 Å². The first-order chi connectivity index (χ1) is 16.4. The van der Waals surface area contributed by atoms with E-state index in [1.807, 2.05) is 0 Å². The third-order valence-corrected chi connectivity index (χ3v) is 4.79. The van der Waals surface area contributed by atoms with Gasteiger partial charge in [-0.25, -0.2) is 9.59 Å². The topological polar surface area (TPSA) is 98.8 Å². The van der Waals surface area contributed by atoms with Crippen LogP contribution in [0.4, 0.5) is 0 Å². The Bertz CT molecular complexity index is 1170. The molecule has 9 heteroatoms. The van der Waals surface area contributed by atoms with E-state index in [1.54, 1.807) is 30.3 Å². The second-order valence-corrected chi connectivity index (χ2v) is 6.70. The summed E-state index contributed by atoms with van der Waals surface area (Å²) in [5.41, 5.74) is 0.00612. The maximum atomic E-state index is 13.1. The van der Waals surface area contributed by atoms with E-state index in [0.29, 0.717) is 17.2 Å². The van der Waals surface area contributed by atoms with E-state index in [9.17, 15) is 9.59 Å². The molecule has 0 aliphatic heterocycles. The highest BCUT2D eigenvalue weighted by Gasteiger charge is 2.25. The molecule has 0 saturated carbocycles. The minimum atomic E-state index is -0.807. The van der Waals surface area contributed by atoms with Gasteiger partial charge in [-0.2, -0.15) is 0 Å². The predicted octanol–water partition coefficient (Wildman–Crippen LogP) is 4.17. The highest BCUT2D eigenvalue weighted by Crippen LogP contribution is 2.38. The number of benzene rings is 3. The van der Waals surface area contributed by atoms with Crippen LogP contribution in [0.3, 0.4) is 0 Å². The number of ether oxygens (including phenoxy) is 7. The van der Waals surface area contributed by atoms with Crippen molar-refractivity contribution in [1.29, 1.82) is 0 Å². The van der Waals surface area contributed by atoms with Gasteiger partial charge < -0.3 is 33.2 Å². The number of hydrogen-bond acceptors (Lipinski definition) is 9. The summed E-state index contributed by atoms with van der Waals surface area (Å²) < 4.78 is 37.4. The van der Waals surface area contributed by atoms with Crippen molar-refractivity contribution in [1.82, 2.24) is 0 Å². The molecule has 0 unspecified atom stereocenters. The van der Waals surface area contributed by atoms with E-state index in [1.165, 1.54) is 59.8 Å². The van der Waals surface area contributed by atoms with Gasteiger partial charge in [0, 0.05) is 24.3 Å². The molecule has 0 heterocycles. The molecule has 3 aromatic rings. The Hall–Kier alpha value is -4.40. The Morgan fingerprint density at radius 2 is 0.912 bits per heavy atom. The molecule has 178 valence electrons. The third-order valence-electron chi connectivity index (χ3n) is 4.79. The van der Waals surface area contributed by atoms with Gasteiger partial charge in [0.05, 0.1) is 35.5 Å². The number of rotatable bonds is 9. The molecule has 0 aliphatic carbocycles. The lowest BCUT2D eigenvalue weighted by Gasteiger charge is -2.16. The fraction of sp³-hybridized carbons (Fsp3) is 0.200. The van der Waals surface area contributed by atoms with Crippen LogP contribution in [0.25, 0.3) is 0 Å². The summed E-state index contributed by atoms with van der Waals surface area (Å²) in [5, 5.41) is 0. The predicted molar refractivity (Wildman–Crippen MR) is 122 cm³/mol.